The number of nitrogens with zero attached hydrogens (tertiary/aromatic N) is 5. The van der Waals surface area contributed by atoms with E-state index < -0.39 is 23.4 Å². The van der Waals surface area contributed by atoms with Gasteiger partial charge in [0.1, 0.15) is 23.1 Å². The van der Waals surface area contributed by atoms with E-state index in [2.05, 4.69) is 20.4 Å². The molecule has 1 saturated carbocycles. The third-order valence-corrected chi connectivity index (χ3v) is 5.46. The average molecular weight is 426 g/mol. The Bertz CT molecular complexity index is 1070. The summed E-state index contributed by atoms with van der Waals surface area (Å²) >= 11 is 0. The van der Waals surface area contributed by atoms with Crippen LogP contribution in [0.25, 0.3) is 11.4 Å². The van der Waals surface area contributed by atoms with Crippen LogP contribution >= 0.6 is 0 Å². The van der Waals surface area contributed by atoms with Crippen LogP contribution in [0.2, 0.25) is 0 Å². The van der Waals surface area contributed by atoms with E-state index in [0.717, 1.165) is 36.4 Å². The molecule has 2 fully saturated rings. The van der Waals surface area contributed by atoms with Crippen LogP contribution in [0.4, 0.5) is 25.1 Å². The molecule has 31 heavy (non-hydrogen) atoms. The topological polar surface area (TPSA) is 87.4 Å². The maximum absolute atomic E-state index is 13.8. The molecule has 1 N–H and O–H groups in total. The molecule has 0 radical (unpaired) electrons. The van der Waals surface area contributed by atoms with Crippen molar-refractivity contribution in [3.8, 4) is 11.4 Å². The zero-order valence-electron chi connectivity index (χ0n) is 16.6. The molecule has 1 saturated heterocycles. The summed E-state index contributed by atoms with van der Waals surface area (Å²) in [5.74, 6) is 0.780. The summed E-state index contributed by atoms with van der Waals surface area (Å²) in [5.41, 5.74) is 0.350. The number of benzene rings is 1. The average Bonchev–Trinajstić information content (AvgIpc) is 3.53. The standard InChI is InChI=1S/C21H20F2N6O2/c22-15-2-1-3-16(23)18(15)25-21(30)29-10-8-28(9-11-29)17-7-6-14(12-24-17)19-26-20(31-27-19)13-4-5-13/h1-3,6-7,12-13H,4-5,8-11H2,(H,25,30). The number of amides is 2. The van der Waals surface area contributed by atoms with E-state index in [4.69, 9.17) is 4.52 Å². The maximum atomic E-state index is 13.8. The van der Waals surface area contributed by atoms with Crippen molar-refractivity contribution in [2.75, 3.05) is 36.4 Å². The van der Waals surface area contributed by atoms with Gasteiger partial charge in [0.25, 0.3) is 0 Å². The number of halogens is 2. The largest absolute Gasteiger partial charge is 0.353 e. The number of hydrogen-bond acceptors (Lipinski definition) is 6. The lowest BCUT2D eigenvalue weighted by atomic mass is 10.2. The van der Waals surface area contributed by atoms with Gasteiger partial charge in [-0.2, -0.15) is 4.98 Å². The molecule has 2 amide bonds. The van der Waals surface area contributed by atoms with Crippen LogP contribution in [-0.4, -0.2) is 52.2 Å². The van der Waals surface area contributed by atoms with E-state index in [-0.39, 0.29) is 0 Å². The highest BCUT2D eigenvalue weighted by Crippen LogP contribution is 2.39. The number of rotatable bonds is 4. The van der Waals surface area contributed by atoms with Crippen LogP contribution < -0.4 is 10.2 Å². The third-order valence-electron chi connectivity index (χ3n) is 5.46. The zero-order valence-corrected chi connectivity index (χ0v) is 16.6. The SMILES string of the molecule is O=C(Nc1c(F)cccc1F)N1CCN(c2ccc(-c3noc(C4CC4)n3)cn2)CC1. The predicted octanol–water partition coefficient (Wildman–Crippen LogP) is 3.64. The number of anilines is 2. The number of hydrogen-bond donors (Lipinski definition) is 1. The van der Waals surface area contributed by atoms with Crippen molar-refractivity contribution < 1.29 is 18.1 Å². The first-order valence-corrected chi connectivity index (χ1v) is 10.1. The van der Waals surface area contributed by atoms with E-state index in [1.807, 2.05) is 17.0 Å². The normalized spacial score (nSPS) is 16.5. The van der Waals surface area contributed by atoms with Gasteiger partial charge in [0.2, 0.25) is 11.7 Å². The predicted molar refractivity (Wildman–Crippen MR) is 109 cm³/mol. The van der Waals surface area contributed by atoms with Crippen LogP contribution in [0.1, 0.15) is 24.7 Å². The monoisotopic (exact) mass is 426 g/mol. The van der Waals surface area contributed by atoms with Gasteiger partial charge in [-0.05, 0) is 37.1 Å². The summed E-state index contributed by atoms with van der Waals surface area (Å²) in [6.07, 6.45) is 3.90. The Morgan fingerprint density at radius 2 is 1.81 bits per heavy atom. The van der Waals surface area contributed by atoms with E-state index in [0.29, 0.717) is 43.8 Å². The molecule has 0 unspecified atom stereocenters. The van der Waals surface area contributed by atoms with Gasteiger partial charge in [-0.3, -0.25) is 0 Å². The Balaban J connectivity index is 1.18. The second kappa shape index (κ2) is 7.93. The molecular formula is C21H20F2N6O2. The lowest BCUT2D eigenvalue weighted by Gasteiger charge is -2.35. The van der Waals surface area contributed by atoms with E-state index in [1.54, 1.807) is 6.20 Å². The molecule has 160 valence electrons. The molecular weight excluding hydrogens is 406 g/mol. The van der Waals surface area contributed by atoms with Gasteiger partial charge in [-0.15, -0.1) is 0 Å². The Labute approximate surface area is 176 Å². The number of para-hydroxylation sites is 1. The number of urea groups is 1. The summed E-state index contributed by atoms with van der Waals surface area (Å²) in [6.45, 7) is 1.91. The lowest BCUT2D eigenvalue weighted by Crippen LogP contribution is -2.50. The Morgan fingerprint density at radius 1 is 1.06 bits per heavy atom. The lowest BCUT2D eigenvalue weighted by molar-refractivity contribution is 0.208. The van der Waals surface area contributed by atoms with Crippen molar-refractivity contribution in [1.29, 1.82) is 0 Å². The molecule has 0 atom stereocenters. The van der Waals surface area contributed by atoms with Gasteiger partial charge in [0.15, 0.2) is 0 Å². The van der Waals surface area contributed by atoms with Crippen LogP contribution in [0.3, 0.4) is 0 Å². The van der Waals surface area contributed by atoms with Gasteiger partial charge < -0.3 is 19.6 Å². The summed E-state index contributed by atoms with van der Waals surface area (Å²) in [7, 11) is 0. The first-order valence-electron chi connectivity index (χ1n) is 10.1. The van der Waals surface area contributed by atoms with Crippen LogP contribution in [0, 0.1) is 11.6 Å². The van der Waals surface area contributed by atoms with Gasteiger partial charge in [0.05, 0.1) is 0 Å². The third kappa shape index (κ3) is 4.05. The molecule has 2 aliphatic rings. The minimum absolute atomic E-state index is 0.400. The van der Waals surface area contributed by atoms with Crippen molar-refractivity contribution in [3.05, 3.63) is 54.1 Å². The van der Waals surface area contributed by atoms with Gasteiger partial charge >= 0.3 is 6.03 Å². The summed E-state index contributed by atoms with van der Waals surface area (Å²) < 4.78 is 32.8. The van der Waals surface area contributed by atoms with Crippen molar-refractivity contribution in [3.63, 3.8) is 0 Å². The molecule has 3 heterocycles. The number of carbonyl (C=O) groups excluding carboxylic acids is 1. The minimum atomic E-state index is -0.804. The van der Waals surface area contributed by atoms with Gasteiger partial charge in [-0.1, -0.05) is 11.2 Å². The van der Waals surface area contributed by atoms with Crippen LogP contribution in [-0.2, 0) is 0 Å². The second-order valence-electron chi connectivity index (χ2n) is 7.64. The Kier molecular flexibility index (Phi) is 4.97. The minimum Gasteiger partial charge on any atom is -0.353 e. The highest BCUT2D eigenvalue weighted by atomic mass is 19.1. The van der Waals surface area contributed by atoms with Gasteiger partial charge in [0, 0.05) is 43.9 Å². The van der Waals surface area contributed by atoms with E-state index >= 15 is 0 Å². The zero-order chi connectivity index (χ0) is 21.4. The molecule has 2 aromatic heterocycles. The Morgan fingerprint density at radius 3 is 2.45 bits per heavy atom. The highest BCUT2D eigenvalue weighted by Gasteiger charge is 2.30. The molecule has 10 heteroatoms. The molecule has 8 nitrogen and oxygen atoms in total. The smallest absolute Gasteiger partial charge is 0.322 e. The van der Waals surface area contributed by atoms with Crippen molar-refractivity contribution in [2.24, 2.45) is 0 Å². The van der Waals surface area contributed by atoms with Crippen molar-refractivity contribution in [1.82, 2.24) is 20.0 Å². The number of carbonyl (C=O) groups is 1. The fourth-order valence-corrected chi connectivity index (χ4v) is 3.50. The van der Waals surface area contributed by atoms with E-state index in [9.17, 15) is 13.6 Å². The number of pyridine rings is 1. The summed E-state index contributed by atoms with van der Waals surface area (Å²) in [4.78, 5) is 24.9. The Hall–Kier alpha value is -3.56. The van der Waals surface area contributed by atoms with Crippen molar-refractivity contribution >= 4 is 17.5 Å². The van der Waals surface area contributed by atoms with Crippen LogP contribution in [0.15, 0.2) is 41.1 Å². The van der Waals surface area contributed by atoms with Crippen molar-refractivity contribution in [2.45, 2.75) is 18.8 Å². The molecule has 1 aliphatic carbocycles. The summed E-state index contributed by atoms with van der Waals surface area (Å²) in [6, 6.07) is 6.70. The quantitative estimate of drug-likeness (QED) is 0.685. The van der Waals surface area contributed by atoms with Gasteiger partial charge in [-0.25, -0.2) is 18.6 Å². The molecule has 1 aromatic carbocycles. The number of aromatic nitrogens is 3. The maximum Gasteiger partial charge on any atom is 0.322 e. The second-order valence-corrected chi connectivity index (χ2v) is 7.64. The molecule has 5 rings (SSSR count). The fourth-order valence-electron chi connectivity index (χ4n) is 3.50. The number of nitrogens with one attached hydrogen (secondary N) is 1. The van der Waals surface area contributed by atoms with Crippen LogP contribution in [0.5, 0.6) is 0 Å². The van der Waals surface area contributed by atoms with E-state index in [1.165, 1.54) is 11.0 Å². The molecule has 3 aromatic rings. The molecule has 0 bridgehead atoms. The number of piperazine rings is 1. The molecule has 0 spiro atoms. The highest BCUT2D eigenvalue weighted by molar-refractivity contribution is 5.89. The molecule has 1 aliphatic heterocycles. The summed E-state index contributed by atoms with van der Waals surface area (Å²) in [5, 5.41) is 6.34. The fraction of sp³-hybridized carbons (Fsp3) is 0.333. The first-order chi connectivity index (χ1) is 15.1. The first kappa shape index (κ1) is 19.4.